The monoisotopic (exact) mass is 539 g/mol. The molecule has 0 fully saturated rings. The molecular formula is C29H25N5O4S. The second-order valence-electron chi connectivity index (χ2n) is 8.70. The van der Waals surface area contributed by atoms with Crippen molar-refractivity contribution in [3.63, 3.8) is 0 Å². The highest BCUT2D eigenvalue weighted by Gasteiger charge is 2.16. The van der Waals surface area contributed by atoms with E-state index >= 15 is 0 Å². The molecule has 0 aliphatic carbocycles. The van der Waals surface area contributed by atoms with Gasteiger partial charge in [-0.15, -0.1) is 10.2 Å². The molecule has 3 aromatic carbocycles. The van der Waals surface area contributed by atoms with E-state index in [1.165, 1.54) is 29.8 Å². The number of hydrogen-bond acceptors (Lipinski definition) is 8. The summed E-state index contributed by atoms with van der Waals surface area (Å²) < 4.78 is 13.3. The Morgan fingerprint density at radius 2 is 1.85 bits per heavy atom. The summed E-state index contributed by atoms with van der Waals surface area (Å²) in [6.45, 7) is 4.29. The number of hydrazone groups is 1. The first-order valence-corrected chi connectivity index (χ1v) is 13.1. The lowest BCUT2D eigenvalue weighted by atomic mass is 10.1. The standard InChI is InChI=1S/C29H25N5O4S/c1-19-12-13-23(14-20(19)2)37-17-26-31-33-29(34(26)22-8-4-3-5-9-22)39-18-27(35)32-30-15-21-16-38-25-11-7-6-10-24(25)28(21)36/h3-16H,17-18H2,1-2H3,(H,32,35). The van der Waals surface area contributed by atoms with E-state index in [0.29, 0.717) is 22.0 Å². The Labute approximate surface area is 228 Å². The van der Waals surface area contributed by atoms with Gasteiger partial charge in [-0.05, 0) is 61.4 Å². The van der Waals surface area contributed by atoms with Crippen LogP contribution in [0.25, 0.3) is 16.7 Å². The number of carbonyl (C=O) groups is 1. The quantitative estimate of drug-likeness (QED) is 0.163. The average molecular weight is 540 g/mol. The van der Waals surface area contributed by atoms with E-state index < -0.39 is 0 Å². The van der Waals surface area contributed by atoms with Gasteiger partial charge in [-0.25, -0.2) is 5.43 Å². The number of amides is 1. The highest BCUT2D eigenvalue weighted by Crippen LogP contribution is 2.24. The molecule has 1 amide bonds. The van der Waals surface area contributed by atoms with E-state index in [2.05, 4.69) is 27.6 Å². The van der Waals surface area contributed by atoms with E-state index in [9.17, 15) is 9.59 Å². The van der Waals surface area contributed by atoms with Crippen molar-refractivity contribution in [3.8, 4) is 11.4 Å². The van der Waals surface area contributed by atoms with E-state index in [-0.39, 0.29) is 29.3 Å². The van der Waals surface area contributed by atoms with Crippen molar-refractivity contribution in [1.82, 2.24) is 20.2 Å². The maximum Gasteiger partial charge on any atom is 0.250 e. The van der Waals surface area contributed by atoms with Crippen LogP contribution in [0.3, 0.4) is 0 Å². The summed E-state index contributed by atoms with van der Waals surface area (Å²) in [5.74, 6) is 1.01. The van der Waals surface area contributed by atoms with Crippen LogP contribution in [-0.2, 0) is 11.4 Å². The lowest BCUT2D eigenvalue weighted by Crippen LogP contribution is -2.20. The minimum atomic E-state index is -0.364. The van der Waals surface area contributed by atoms with Crippen molar-refractivity contribution in [1.29, 1.82) is 0 Å². The van der Waals surface area contributed by atoms with Gasteiger partial charge >= 0.3 is 0 Å². The third-order valence-electron chi connectivity index (χ3n) is 5.99. The molecular weight excluding hydrogens is 514 g/mol. The van der Waals surface area contributed by atoms with E-state index in [1.807, 2.05) is 60.0 Å². The molecule has 0 saturated carbocycles. The molecule has 10 heteroatoms. The zero-order valence-corrected chi connectivity index (χ0v) is 22.1. The molecule has 1 N–H and O–H groups in total. The van der Waals surface area contributed by atoms with Crippen molar-refractivity contribution in [2.75, 3.05) is 5.75 Å². The van der Waals surface area contributed by atoms with Crippen molar-refractivity contribution < 1.29 is 13.9 Å². The summed E-state index contributed by atoms with van der Waals surface area (Å²) in [6.07, 6.45) is 2.59. The molecule has 0 unspecified atom stereocenters. The Kier molecular flexibility index (Phi) is 7.83. The number of nitrogens with one attached hydrogen (secondary N) is 1. The summed E-state index contributed by atoms with van der Waals surface area (Å²) in [6, 6.07) is 22.5. The van der Waals surface area contributed by atoms with Crippen LogP contribution < -0.4 is 15.6 Å². The Bertz CT molecular complexity index is 1710. The Hall–Kier alpha value is -4.70. The molecule has 0 aliphatic heterocycles. The van der Waals surface area contributed by atoms with Gasteiger partial charge in [0.2, 0.25) is 5.43 Å². The number of para-hydroxylation sites is 2. The molecule has 0 spiro atoms. The van der Waals surface area contributed by atoms with Crippen LogP contribution >= 0.6 is 11.8 Å². The first kappa shape index (κ1) is 25.9. The molecule has 0 aliphatic rings. The van der Waals surface area contributed by atoms with Crippen molar-refractivity contribution in [3.05, 3.63) is 112 Å². The summed E-state index contributed by atoms with van der Waals surface area (Å²) in [5.41, 5.74) is 6.13. The highest BCUT2D eigenvalue weighted by atomic mass is 32.2. The third-order valence-corrected chi connectivity index (χ3v) is 6.92. The first-order chi connectivity index (χ1) is 19.0. The Balaban J connectivity index is 1.26. The number of aromatic nitrogens is 3. The fourth-order valence-corrected chi connectivity index (χ4v) is 4.56. The van der Waals surface area contributed by atoms with Crippen molar-refractivity contribution >= 4 is 34.9 Å². The largest absolute Gasteiger partial charge is 0.486 e. The SMILES string of the molecule is Cc1ccc(OCc2nnc(SCC(=O)NN=Cc3coc4ccccc4c3=O)n2-c2ccccc2)cc1C. The van der Waals surface area contributed by atoms with Crippen LogP contribution in [0.15, 0.2) is 98.5 Å². The topological polar surface area (TPSA) is 112 Å². The third kappa shape index (κ3) is 6.07. The predicted octanol–water partition coefficient (Wildman–Crippen LogP) is 4.81. The lowest BCUT2D eigenvalue weighted by molar-refractivity contribution is -0.118. The van der Waals surface area contributed by atoms with Gasteiger partial charge in [0, 0.05) is 5.69 Å². The van der Waals surface area contributed by atoms with Crippen LogP contribution in [-0.4, -0.2) is 32.6 Å². The maximum absolute atomic E-state index is 12.6. The van der Waals surface area contributed by atoms with E-state index in [1.54, 1.807) is 24.3 Å². The molecule has 0 atom stereocenters. The number of carbonyl (C=O) groups excluding carboxylic acids is 1. The molecule has 39 heavy (non-hydrogen) atoms. The van der Waals surface area contributed by atoms with E-state index in [0.717, 1.165) is 17.0 Å². The van der Waals surface area contributed by atoms with Gasteiger partial charge in [-0.2, -0.15) is 5.10 Å². The number of fused-ring (bicyclic) bond motifs is 1. The van der Waals surface area contributed by atoms with Gasteiger partial charge in [0.15, 0.2) is 11.0 Å². The van der Waals surface area contributed by atoms with Crippen LogP contribution in [0.4, 0.5) is 0 Å². The Morgan fingerprint density at radius 1 is 1.05 bits per heavy atom. The number of hydrogen-bond donors (Lipinski definition) is 1. The fourth-order valence-electron chi connectivity index (χ4n) is 3.79. The molecule has 0 saturated heterocycles. The molecule has 2 heterocycles. The summed E-state index contributed by atoms with van der Waals surface area (Å²) in [4.78, 5) is 25.1. The summed E-state index contributed by atoms with van der Waals surface area (Å²) in [7, 11) is 0. The zero-order chi connectivity index (χ0) is 27.2. The number of thioether (sulfide) groups is 1. The van der Waals surface area contributed by atoms with Gasteiger partial charge < -0.3 is 9.15 Å². The minimum Gasteiger partial charge on any atom is -0.486 e. The number of ether oxygens (including phenoxy) is 1. The number of rotatable bonds is 9. The maximum atomic E-state index is 12.6. The van der Waals surface area contributed by atoms with Gasteiger partial charge in [-0.1, -0.05) is 48.2 Å². The van der Waals surface area contributed by atoms with Crippen molar-refractivity contribution in [2.45, 2.75) is 25.6 Å². The number of nitrogens with zero attached hydrogens (tertiary/aromatic N) is 4. The predicted molar refractivity (Wildman–Crippen MR) is 151 cm³/mol. The lowest BCUT2D eigenvalue weighted by Gasteiger charge is -2.11. The first-order valence-electron chi connectivity index (χ1n) is 12.1. The molecule has 0 bridgehead atoms. The van der Waals surface area contributed by atoms with Gasteiger partial charge in [0.25, 0.3) is 5.91 Å². The zero-order valence-electron chi connectivity index (χ0n) is 21.3. The van der Waals surface area contributed by atoms with Gasteiger partial charge in [-0.3, -0.25) is 14.2 Å². The number of aryl methyl sites for hydroxylation is 2. The minimum absolute atomic E-state index is 0.0344. The Morgan fingerprint density at radius 3 is 2.67 bits per heavy atom. The molecule has 5 rings (SSSR count). The molecule has 9 nitrogen and oxygen atoms in total. The summed E-state index contributed by atoms with van der Waals surface area (Å²) >= 11 is 1.22. The van der Waals surface area contributed by atoms with Crippen LogP contribution in [0.5, 0.6) is 5.75 Å². The molecule has 196 valence electrons. The van der Waals surface area contributed by atoms with E-state index in [4.69, 9.17) is 9.15 Å². The second-order valence-corrected chi connectivity index (χ2v) is 9.65. The summed E-state index contributed by atoms with van der Waals surface area (Å²) in [5, 5.41) is 13.5. The average Bonchev–Trinajstić information content (AvgIpc) is 3.37. The number of benzene rings is 3. The normalized spacial score (nSPS) is 11.2. The van der Waals surface area contributed by atoms with Gasteiger partial charge in [0.1, 0.15) is 24.2 Å². The van der Waals surface area contributed by atoms with Crippen LogP contribution in [0.1, 0.15) is 22.5 Å². The highest BCUT2D eigenvalue weighted by molar-refractivity contribution is 7.99. The second kappa shape index (κ2) is 11.8. The molecule has 2 aromatic heterocycles. The van der Waals surface area contributed by atoms with Crippen LogP contribution in [0, 0.1) is 13.8 Å². The van der Waals surface area contributed by atoms with Crippen LogP contribution in [0.2, 0.25) is 0 Å². The fraction of sp³-hybridized carbons (Fsp3) is 0.138. The smallest absolute Gasteiger partial charge is 0.250 e. The van der Waals surface area contributed by atoms with Gasteiger partial charge in [0.05, 0.1) is 22.9 Å². The molecule has 0 radical (unpaired) electrons. The molecule has 5 aromatic rings. The van der Waals surface area contributed by atoms with Crippen molar-refractivity contribution in [2.24, 2.45) is 5.10 Å².